The number of nitrogens with zero attached hydrogens (tertiary/aromatic N) is 1. The highest BCUT2D eigenvalue weighted by molar-refractivity contribution is 5.94. The Morgan fingerprint density at radius 1 is 1.35 bits per heavy atom. The predicted octanol–water partition coefficient (Wildman–Crippen LogP) is 3.40. The normalized spacial score (nSPS) is 10.2. The third-order valence-electron chi connectivity index (χ3n) is 2.62. The summed E-state index contributed by atoms with van der Waals surface area (Å²) in [4.78, 5) is 10.6. The van der Waals surface area contributed by atoms with Gasteiger partial charge in [0, 0.05) is 0 Å². The number of methoxy groups -OCH3 is 1. The minimum atomic E-state index is -0.422. The lowest BCUT2D eigenvalue weighted by Gasteiger charge is -2.05. The van der Waals surface area contributed by atoms with Gasteiger partial charge >= 0.3 is 5.69 Å². The van der Waals surface area contributed by atoms with E-state index in [4.69, 9.17) is 4.74 Å². The van der Waals surface area contributed by atoms with Crippen LogP contribution in [0, 0.1) is 10.1 Å². The molecule has 0 aliphatic heterocycles. The van der Waals surface area contributed by atoms with Gasteiger partial charge in [-0.2, -0.15) is 0 Å². The Kier molecular flexibility index (Phi) is 2.78. The van der Waals surface area contributed by atoms with Gasteiger partial charge in [0.05, 0.1) is 17.4 Å². The predicted molar refractivity (Wildman–Crippen MR) is 67.2 cm³/mol. The molecule has 2 aromatic rings. The zero-order valence-corrected chi connectivity index (χ0v) is 9.34. The molecule has 0 spiro atoms. The largest absolute Gasteiger partial charge is 0.490 e. The van der Waals surface area contributed by atoms with Crippen molar-refractivity contribution in [2.45, 2.75) is 0 Å². The molecule has 0 aromatic heterocycles. The van der Waals surface area contributed by atoms with E-state index >= 15 is 0 Å². The maximum Gasteiger partial charge on any atom is 0.318 e. The molecule has 0 aliphatic rings. The van der Waals surface area contributed by atoms with Crippen LogP contribution < -0.4 is 4.74 Å². The second-order valence-corrected chi connectivity index (χ2v) is 3.56. The van der Waals surface area contributed by atoms with E-state index in [1.165, 1.54) is 7.11 Å². The molecule has 0 saturated carbocycles. The molecule has 0 radical (unpaired) electrons. The first kappa shape index (κ1) is 11.1. The van der Waals surface area contributed by atoms with E-state index < -0.39 is 4.92 Å². The minimum absolute atomic E-state index is 0.000567. The zero-order chi connectivity index (χ0) is 12.4. The summed E-state index contributed by atoms with van der Waals surface area (Å²) in [6.45, 7) is 3.67. The molecule has 0 saturated heterocycles. The molecule has 0 fully saturated rings. The summed E-state index contributed by atoms with van der Waals surface area (Å²) < 4.78 is 5.01. The van der Waals surface area contributed by atoms with Crippen molar-refractivity contribution < 1.29 is 9.66 Å². The SMILES string of the molecule is C=Cc1ccc2c([N+](=O)[O-])c(OC)ccc2c1. The van der Waals surface area contributed by atoms with Gasteiger partial charge in [0.15, 0.2) is 5.75 Å². The molecule has 2 aromatic carbocycles. The Bertz CT molecular complexity index is 605. The van der Waals surface area contributed by atoms with Crippen LogP contribution in [-0.4, -0.2) is 12.0 Å². The van der Waals surface area contributed by atoms with Gasteiger partial charge in [-0.1, -0.05) is 24.8 Å². The van der Waals surface area contributed by atoms with Crippen molar-refractivity contribution in [2.75, 3.05) is 7.11 Å². The quantitative estimate of drug-likeness (QED) is 0.598. The van der Waals surface area contributed by atoms with Crippen LogP contribution >= 0.6 is 0 Å². The molecule has 0 N–H and O–H groups in total. The van der Waals surface area contributed by atoms with Crippen molar-refractivity contribution in [2.24, 2.45) is 0 Å². The molecular formula is C13H11NO3. The highest BCUT2D eigenvalue weighted by atomic mass is 16.6. The summed E-state index contributed by atoms with van der Waals surface area (Å²) in [6, 6.07) is 8.77. The highest BCUT2D eigenvalue weighted by Crippen LogP contribution is 2.35. The van der Waals surface area contributed by atoms with E-state index in [2.05, 4.69) is 6.58 Å². The van der Waals surface area contributed by atoms with Crippen molar-refractivity contribution in [3.8, 4) is 5.75 Å². The minimum Gasteiger partial charge on any atom is -0.490 e. The van der Waals surface area contributed by atoms with Gasteiger partial charge in [-0.3, -0.25) is 10.1 Å². The van der Waals surface area contributed by atoms with E-state index in [0.717, 1.165) is 10.9 Å². The Balaban J connectivity index is 2.81. The van der Waals surface area contributed by atoms with Crippen molar-refractivity contribution in [3.05, 3.63) is 52.6 Å². The molecular weight excluding hydrogens is 218 g/mol. The number of benzene rings is 2. The first-order chi connectivity index (χ1) is 8.17. The highest BCUT2D eigenvalue weighted by Gasteiger charge is 2.18. The number of fused-ring (bicyclic) bond motifs is 1. The molecule has 0 atom stereocenters. The average Bonchev–Trinajstić information content (AvgIpc) is 2.36. The number of nitro groups is 1. The lowest BCUT2D eigenvalue weighted by Crippen LogP contribution is -1.94. The van der Waals surface area contributed by atoms with Crippen molar-refractivity contribution in [3.63, 3.8) is 0 Å². The van der Waals surface area contributed by atoms with Gasteiger partial charge in [-0.25, -0.2) is 0 Å². The molecule has 17 heavy (non-hydrogen) atoms. The molecule has 0 bridgehead atoms. The second kappa shape index (κ2) is 4.25. The molecule has 2 rings (SSSR count). The van der Waals surface area contributed by atoms with Gasteiger partial charge in [0.1, 0.15) is 0 Å². The second-order valence-electron chi connectivity index (χ2n) is 3.56. The van der Waals surface area contributed by atoms with E-state index in [0.29, 0.717) is 5.39 Å². The van der Waals surface area contributed by atoms with Gasteiger partial charge < -0.3 is 4.74 Å². The Labute approximate surface area is 98.3 Å². The van der Waals surface area contributed by atoms with Crippen LogP contribution in [0.5, 0.6) is 5.75 Å². The van der Waals surface area contributed by atoms with Crippen LogP contribution in [0.4, 0.5) is 5.69 Å². The fourth-order valence-electron chi connectivity index (χ4n) is 1.79. The molecule has 0 unspecified atom stereocenters. The monoisotopic (exact) mass is 229 g/mol. The fraction of sp³-hybridized carbons (Fsp3) is 0.0769. The zero-order valence-electron chi connectivity index (χ0n) is 9.34. The third-order valence-corrected chi connectivity index (χ3v) is 2.62. The van der Waals surface area contributed by atoms with E-state index in [1.807, 2.05) is 6.07 Å². The van der Waals surface area contributed by atoms with Crippen LogP contribution in [0.25, 0.3) is 16.8 Å². The summed E-state index contributed by atoms with van der Waals surface area (Å²) in [5, 5.41) is 12.4. The molecule has 0 heterocycles. The summed E-state index contributed by atoms with van der Waals surface area (Å²) in [5.41, 5.74) is 0.928. The van der Waals surface area contributed by atoms with Crippen LogP contribution in [0.3, 0.4) is 0 Å². The number of hydrogen-bond donors (Lipinski definition) is 0. The topological polar surface area (TPSA) is 52.4 Å². The fourth-order valence-corrected chi connectivity index (χ4v) is 1.79. The third kappa shape index (κ3) is 1.85. The molecule has 4 heteroatoms. The van der Waals surface area contributed by atoms with Gasteiger partial charge in [0.25, 0.3) is 0 Å². The number of hydrogen-bond acceptors (Lipinski definition) is 3. The smallest absolute Gasteiger partial charge is 0.318 e. The summed E-state index contributed by atoms with van der Waals surface area (Å²) in [7, 11) is 1.42. The Morgan fingerprint density at radius 3 is 2.71 bits per heavy atom. The Hall–Kier alpha value is -2.36. The first-order valence-corrected chi connectivity index (χ1v) is 5.05. The molecule has 0 amide bonds. The number of rotatable bonds is 3. The maximum absolute atomic E-state index is 11.1. The lowest BCUT2D eigenvalue weighted by molar-refractivity contribution is -0.383. The molecule has 0 aliphatic carbocycles. The van der Waals surface area contributed by atoms with Crippen molar-refractivity contribution in [1.82, 2.24) is 0 Å². The summed E-state index contributed by atoms with van der Waals surface area (Å²) in [5.74, 6) is 0.272. The standard InChI is InChI=1S/C13H11NO3/c1-3-9-4-6-11-10(8-9)5-7-12(17-2)13(11)14(15)16/h3-8H,1H2,2H3. The molecule has 86 valence electrons. The van der Waals surface area contributed by atoms with E-state index in [9.17, 15) is 10.1 Å². The van der Waals surface area contributed by atoms with Gasteiger partial charge in [0.2, 0.25) is 0 Å². The van der Waals surface area contributed by atoms with Gasteiger partial charge in [-0.05, 0) is 29.1 Å². The average molecular weight is 229 g/mol. The van der Waals surface area contributed by atoms with Crippen LogP contribution in [0.2, 0.25) is 0 Å². The summed E-state index contributed by atoms with van der Waals surface area (Å²) >= 11 is 0. The number of ether oxygens (including phenoxy) is 1. The summed E-state index contributed by atoms with van der Waals surface area (Å²) in [6.07, 6.45) is 1.70. The lowest BCUT2D eigenvalue weighted by atomic mass is 10.0. The molecule has 4 nitrogen and oxygen atoms in total. The van der Waals surface area contributed by atoms with Crippen LogP contribution in [-0.2, 0) is 0 Å². The van der Waals surface area contributed by atoms with E-state index in [-0.39, 0.29) is 11.4 Å². The van der Waals surface area contributed by atoms with Crippen LogP contribution in [0.1, 0.15) is 5.56 Å². The van der Waals surface area contributed by atoms with E-state index in [1.54, 1.807) is 30.3 Å². The van der Waals surface area contributed by atoms with Crippen LogP contribution in [0.15, 0.2) is 36.9 Å². The van der Waals surface area contributed by atoms with Gasteiger partial charge in [-0.15, -0.1) is 0 Å². The number of nitro benzene ring substituents is 1. The van der Waals surface area contributed by atoms with Crippen molar-refractivity contribution in [1.29, 1.82) is 0 Å². The maximum atomic E-state index is 11.1. The Morgan fingerprint density at radius 2 is 2.12 bits per heavy atom. The van der Waals surface area contributed by atoms with Crippen molar-refractivity contribution >= 4 is 22.5 Å². The first-order valence-electron chi connectivity index (χ1n) is 5.05.